The van der Waals surface area contributed by atoms with Gasteiger partial charge in [-0.2, -0.15) is 0 Å². The predicted octanol–water partition coefficient (Wildman–Crippen LogP) is 7.12. The molecule has 0 saturated heterocycles. The van der Waals surface area contributed by atoms with Gasteiger partial charge in [-0.1, -0.05) is 47.2 Å². The summed E-state index contributed by atoms with van der Waals surface area (Å²) in [5.74, 6) is 1.55. The van der Waals surface area contributed by atoms with Crippen molar-refractivity contribution in [3.8, 4) is 11.5 Å². The molecule has 3 aromatic rings. The van der Waals surface area contributed by atoms with Gasteiger partial charge in [0, 0.05) is 10.5 Å². The van der Waals surface area contributed by atoms with Gasteiger partial charge in [0.15, 0.2) is 0 Å². The van der Waals surface area contributed by atoms with Crippen molar-refractivity contribution in [2.75, 3.05) is 7.11 Å². The Hall–Kier alpha value is -2.98. The van der Waals surface area contributed by atoms with Crippen molar-refractivity contribution in [3.63, 3.8) is 0 Å². The first kappa shape index (κ1) is 20.7. The zero-order valence-electron chi connectivity index (χ0n) is 17.2. The van der Waals surface area contributed by atoms with Gasteiger partial charge in [0.2, 0.25) is 0 Å². The third-order valence-electron chi connectivity index (χ3n) is 4.24. The van der Waals surface area contributed by atoms with Crippen LogP contribution < -0.4 is 9.47 Å². The van der Waals surface area contributed by atoms with E-state index in [1.165, 1.54) is 11.1 Å². The Labute approximate surface area is 177 Å². The highest BCUT2D eigenvalue weighted by Gasteiger charge is 2.08. The van der Waals surface area contributed by atoms with Gasteiger partial charge in [0.1, 0.15) is 16.5 Å². The molecule has 0 amide bonds. The van der Waals surface area contributed by atoms with E-state index < -0.39 is 0 Å². The van der Waals surface area contributed by atoms with Crippen molar-refractivity contribution < 1.29 is 9.47 Å². The predicted molar refractivity (Wildman–Crippen MR) is 123 cm³/mol. The SMILES string of the molecule is COc1ccc(OC=C(C)C(=Nc2ccc(C)cc2)Sc2cccc(C)c2)cc1. The molecule has 0 aliphatic rings. The van der Waals surface area contributed by atoms with Crippen molar-refractivity contribution in [2.24, 2.45) is 4.99 Å². The Morgan fingerprint density at radius 2 is 1.55 bits per heavy atom. The van der Waals surface area contributed by atoms with E-state index in [0.29, 0.717) is 0 Å². The first-order valence-corrected chi connectivity index (χ1v) is 10.2. The van der Waals surface area contributed by atoms with Gasteiger partial charge in [-0.3, -0.25) is 0 Å². The topological polar surface area (TPSA) is 30.8 Å². The maximum absolute atomic E-state index is 5.85. The number of benzene rings is 3. The molecular formula is C25H25NO2S. The average molecular weight is 404 g/mol. The number of hydrogen-bond acceptors (Lipinski definition) is 4. The normalized spacial score (nSPS) is 12.0. The van der Waals surface area contributed by atoms with E-state index in [1.807, 2.05) is 43.3 Å². The first-order valence-electron chi connectivity index (χ1n) is 9.41. The number of thioether (sulfide) groups is 1. The minimum absolute atomic E-state index is 0.750. The molecular weight excluding hydrogens is 378 g/mol. The fraction of sp³-hybridized carbons (Fsp3) is 0.160. The van der Waals surface area contributed by atoms with E-state index in [1.54, 1.807) is 25.1 Å². The third-order valence-corrected chi connectivity index (χ3v) is 5.33. The van der Waals surface area contributed by atoms with Gasteiger partial charge in [-0.15, -0.1) is 0 Å². The highest BCUT2D eigenvalue weighted by Crippen LogP contribution is 2.28. The summed E-state index contributed by atoms with van der Waals surface area (Å²) < 4.78 is 11.0. The van der Waals surface area contributed by atoms with Crippen LogP contribution >= 0.6 is 11.8 Å². The third kappa shape index (κ3) is 6.26. The summed E-state index contributed by atoms with van der Waals surface area (Å²) in [4.78, 5) is 6.02. The van der Waals surface area contributed by atoms with E-state index >= 15 is 0 Å². The fourth-order valence-electron chi connectivity index (χ4n) is 2.58. The summed E-state index contributed by atoms with van der Waals surface area (Å²) >= 11 is 1.63. The van der Waals surface area contributed by atoms with Crippen molar-refractivity contribution >= 4 is 22.5 Å². The van der Waals surface area contributed by atoms with E-state index in [9.17, 15) is 0 Å². The molecule has 0 spiro atoms. The lowest BCUT2D eigenvalue weighted by atomic mass is 10.2. The summed E-state index contributed by atoms with van der Waals surface area (Å²) in [5.41, 5.74) is 4.31. The van der Waals surface area contributed by atoms with Crippen LogP contribution in [0.15, 0.2) is 94.5 Å². The average Bonchev–Trinajstić information content (AvgIpc) is 2.73. The van der Waals surface area contributed by atoms with Gasteiger partial charge in [-0.05, 0) is 69.3 Å². The van der Waals surface area contributed by atoms with Crippen LogP contribution in [0.5, 0.6) is 11.5 Å². The van der Waals surface area contributed by atoms with Gasteiger partial charge >= 0.3 is 0 Å². The van der Waals surface area contributed by atoms with Gasteiger partial charge in [0.25, 0.3) is 0 Å². The molecule has 0 bridgehead atoms. The second kappa shape index (κ2) is 9.99. The van der Waals surface area contributed by atoms with E-state index in [0.717, 1.165) is 32.7 Å². The van der Waals surface area contributed by atoms with Gasteiger partial charge in [0.05, 0.1) is 19.1 Å². The van der Waals surface area contributed by atoms with E-state index in [2.05, 4.69) is 50.2 Å². The zero-order valence-corrected chi connectivity index (χ0v) is 18.0. The molecule has 0 fully saturated rings. The van der Waals surface area contributed by atoms with Crippen LogP contribution in [0.25, 0.3) is 0 Å². The second-order valence-corrected chi connectivity index (χ2v) is 7.83. The molecule has 0 radical (unpaired) electrons. The highest BCUT2D eigenvalue weighted by molar-refractivity contribution is 8.14. The lowest BCUT2D eigenvalue weighted by Crippen LogP contribution is -1.97. The van der Waals surface area contributed by atoms with Crippen molar-refractivity contribution in [2.45, 2.75) is 25.7 Å². The Morgan fingerprint density at radius 3 is 2.21 bits per heavy atom. The molecule has 0 aromatic heterocycles. The molecule has 0 aliphatic carbocycles. The summed E-state index contributed by atoms with van der Waals surface area (Å²) in [5, 5.41) is 0.896. The largest absolute Gasteiger partial charge is 0.497 e. The number of aliphatic imine (C=N–C) groups is 1. The lowest BCUT2D eigenvalue weighted by Gasteiger charge is -2.09. The molecule has 148 valence electrons. The highest BCUT2D eigenvalue weighted by atomic mass is 32.2. The quantitative estimate of drug-likeness (QED) is 0.190. The molecule has 0 saturated carbocycles. The summed E-state index contributed by atoms with van der Waals surface area (Å²) in [6.45, 7) is 6.18. The summed E-state index contributed by atoms with van der Waals surface area (Å²) in [7, 11) is 1.65. The molecule has 0 N–H and O–H groups in total. The molecule has 29 heavy (non-hydrogen) atoms. The first-order chi connectivity index (χ1) is 14.0. The molecule has 3 nitrogen and oxygen atoms in total. The summed E-state index contributed by atoms with van der Waals surface area (Å²) in [6.07, 6.45) is 1.75. The number of nitrogens with zero attached hydrogens (tertiary/aromatic N) is 1. The van der Waals surface area contributed by atoms with Crippen LogP contribution in [0.1, 0.15) is 18.1 Å². The zero-order chi connectivity index (χ0) is 20.6. The smallest absolute Gasteiger partial charge is 0.126 e. The monoisotopic (exact) mass is 403 g/mol. The Balaban J connectivity index is 1.86. The van der Waals surface area contributed by atoms with Crippen LogP contribution in [-0.2, 0) is 0 Å². The van der Waals surface area contributed by atoms with Crippen molar-refractivity contribution in [3.05, 3.63) is 95.8 Å². The van der Waals surface area contributed by atoms with Crippen molar-refractivity contribution in [1.82, 2.24) is 0 Å². The summed E-state index contributed by atoms with van der Waals surface area (Å²) in [6, 6.07) is 24.1. The van der Waals surface area contributed by atoms with Crippen LogP contribution in [0, 0.1) is 13.8 Å². The molecule has 0 atom stereocenters. The van der Waals surface area contributed by atoms with Gasteiger partial charge < -0.3 is 9.47 Å². The van der Waals surface area contributed by atoms with Crippen LogP contribution in [0.4, 0.5) is 5.69 Å². The number of rotatable bonds is 6. The standard InChI is InChI=1S/C25H25NO2S/c1-18-8-10-21(11-9-18)26-25(29-24-7-5-6-19(2)16-24)20(3)17-28-23-14-12-22(27-4)13-15-23/h5-17H,1-4H3. The molecule has 0 heterocycles. The number of methoxy groups -OCH3 is 1. The molecule has 0 unspecified atom stereocenters. The van der Waals surface area contributed by atoms with Crippen LogP contribution in [-0.4, -0.2) is 12.2 Å². The number of aryl methyl sites for hydroxylation is 2. The molecule has 3 aromatic carbocycles. The molecule has 4 heteroatoms. The molecule has 3 rings (SSSR count). The molecule has 0 aliphatic heterocycles. The second-order valence-electron chi connectivity index (χ2n) is 6.77. The number of ether oxygens (including phenoxy) is 2. The maximum Gasteiger partial charge on any atom is 0.126 e. The fourth-order valence-corrected chi connectivity index (χ4v) is 3.55. The minimum atomic E-state index is 0.750. The van der Waals surface area contributed by atoms with Crippen LogP contribution in [0.3, 0.4) is 0 Å². The van der Waals surface area contributed by atoms with Gasteiger partial charge in [-0.25, -0.2) is 4.99 Å². The van der Waals surface area contributed by atoms with Crippen molar-refractivity contribution in [1.29, 1.82) is 0 Å². The van der Waals surface area contributed by atoms with E-state index in [-0.39, 0.29) is 0 Å². The number of hydrogen-bond donors (Lipinski definition) is 0. The maximum atomic E-state index is 5.85. The lowest BCUT2D eigenvalue weighted by molar-refractivity contribution is 0.412. The Kier molecular flexibility index (Phi) is 7.14. The Bertz CT molecular complexity index is 1010. The Morgan fingerprint density at radius 1 is 0.862 bits per heavy atom. The van der Waals surface area contributed by atoms with Crippen LogP contribution in [0.2, 0.25) is 0 Å². The minimum Gasteiger partial charge on any atom is -0.497 e. The van der Waals surface area contributed by atoms with E-state index in [4.69, 9.17) is 14.5 Å².